The zero-order valence-electron chi connectivity index (χ0n) is 15.8. The summed E-state index contributed by atoms with van der Waals surface area (Å²) in [7, 11) is -3.63. The molecule has 3 aromatic rings. The number of carbonyl (C=O) groups is 1. The minimum atomic E-state index is -3.63. The first kappa shape index (κ1) is 20.9. The Morgan fingerprint density at radius 2 is 1.67 bits per heavy atom. The fraction of sp³-hybridized carbons (Fsp3) is 0.136. The van der Waals surface area contributed by atoms with Gasteiger partial charge in [-0.05, 0) is 72.1 Å². The summed E-state index contributed by atoms with van der Waals surface area (Å²) in [6.07, 6.45) is 0.602. The first-order valence-electron chi connectivity index (χ1n) is 9.27. The second-order valence-corrected chi connectivity index (χ2v) is 9.80. The van der Waals surface area contributed by atoms with Crippen molar-refractivity contribution in [1.29, 1.82) is 0 Å². The van der Waals surface area contributed by atoms with E-state index in [1.54, 1.807) is 36.4 Å². The van der Waals surface area contributed by atoms with E-state index in [0.717, 1.165) is 11.1 Å². The maximum Gasteiger partial charge on any atom is 0.255 e. The number of hydrogen-bond acceptors (Lipinski definition) is 3. The van der Waals surface area contributed by atoms with Gasteiger partial charge in [0.15, 0.2) is 0 Å². The third-order valence-electron chi connectivity index (χ3n) is 4.98. The minimum Gasteiger partial charge on any atom is -0.322 e. The largest absolute Gasteiger partial charge is 0.322 e. The molecule has 0 bridgehead atoms. The Morgan fingerprint density at radius 1 is 0.900 bits per heavy atom. The highest BCUT2D eigenvalue weighted by atomic mass is 35.5. The van der Waals surface area contributed by atoms with Crippen molar-refractivity contribution >= 4 is 44.8 Å². The molecule has 1 amide bonds. The van der Waals surface area contributed by atoms with Gasteiger partial charge in [-0.25, -0.2) is 8.42 Å². The maximum absolute atomic E-state index is 13.0. The molecule has 0 saturated heterocycles. The molecule has 1 N–H and O–H groups in total. The van der Waals surface area contributed by atoms with Gasteiger partial charge in [-0.15, -0.1) is 0 Å². The van der Waals surface area contributed by atoms with E-state index in [2.05, 4.69) is 5.32 Å². The number of nitrogens with zero attached hydrogens (tertiary/aromatic N) is 1. The molecule has 0 aliphatic carbocycles. The highest BCUT2D eigenvalue weighted by Crippen LogP contribution is 2.28. The Morgan fingerprint density at radius 3 is 2.40 bits per heavy atom. The lowest BCUT2D eigenvalue weighted by atomic mass is 10.0. The van der Waals surface area contributed by atoms with E-state index in [-0.39, 0.29) is 17.3 Å². The smallest absolute Gasteiger partial charge is 0.255 e. The number of nitrogens with one attached hydrogen (secondary N) is 1. The van der Waals surface area contributed by atoms with Crippen LogP contribution >= 0.6 is 23.2 Å². The van der Waals surface area contributed by atoms with E-state index in [9.17, 15) is 13.2 Å². The molecule has 4 rings (SSSR count). The van der Waals surface area contributed by atoms with E-state index in [0.29, 0.717) is 34.3 Å². The summed E-state index contributed by atoms with van der Waals surface area (Å²) >= 11 is 11.8. The molecule has 30 heavy (non-hydrogen) atoms. The van der Waals surface area contributed by atoms with Gasteiger partial charge in [0.2, 0.25) is 10.0 Å². The van der Waals surface area contributed by atoms with E-state index in [4.69, 9.17) is 23.2 Å². The normalized spacial score (nSPS) is 14.2. The lowest BCUT2D eigenvalue weighted by Gasteiger charge is -2.28. The van der Waals surface area contributed by atoms with Crippen LogP contribution in [-0.4, -0.2) is 25.2 Å². The molecule has 0 atom stereocenters. The summed E-state index contributed by atoms with van der Waals surface area (Å²) in [5, 5.41) is 3.81. The fourth-order valence-corrected chi connectivity index (χ4v) is 5.14. The van der Waals surface area contributed by atoms with Crippen molar-refractivity contribution in [1.82, 2.24) is 4.31 Å². The third kappa shape index (κ3) is 4.37. The molecule has 1 aliphatic rings. The van der Waals surface area contributed by atoms with Crippen LogP contribution in [0.2, 0.25) is 10.0 Å². The van der Waals surface area contributed by atoms with Crippen molar-refractivity contribution in [3.63, 3.8) is 0 Å². The molecule has 8 heteroatoms. The Balaban J connectivity index is 1.55. The van der Waals surface area contributed by atoms with Gasteiger partial charge in [-0.3, -0.25) is 4.79 Å². The molecule has 5 nitrogen and oxygen atoms in total. The van der Waals surface area contributed by atoms with Crippen LogP contribution in [0.5, 0.6) is 0 Å². The van der Waals surface area contributed by atoms with Crippen LogP contribution in [0.25, 0.3) is 0 Å². The van der Waals surface area contributed by atoms with Gasteiger partial charge in [0.1, 0.15) is 0 Å². The lowest BCUT2D eigenvalue weighted by molar-refractivity contribution is 0.102. The van der Waals surface area contributed by atoms with E-state index >= 15 is 0 Å². The van der Waals surface area contributed by atoms with Crippen molar-refractivity contribution in [3.05, 3.63) is 93.5 Å². The third-order valence-corrected chi connectivity index (χ3v) is 7.33. The van der Waals surface area contributed by atoms with Crippen LogP contribution in [-0.2, 0) is 23.0 Å². The van der Waals surface area contributed by atoms with Crippen LogP contribution in [0.15, 0.2) is 71.6 Å². The Bertz CT molecular complexity index is 1210. The van der Waals surface area contributed by atoms with E-state index < -0.39 is 10.0 Å². The predicted molar refractivity (Wildman–Crippen MR) is 119 cm³/mol. The molecule has 154 valence electrons. The quantitative estimate of drug-likeness (QED) is 0.595. The van der Waals surface area contributed by atoms with Crippen LogP contribution in [0, 0.1) is 0 Å². The SMILES string of the molecule is O=C(Nc1ccc2c(c1)CN(S(=O)(=O)c1ccc(Cl)cc1)CC2)c1cccc(Cl)c1. The lowest BCUT2D eigenvalue weighted by Crippen LogP contribution is -2.36. The van der Waals surface area contributed by atoms with Gasteiger partial charge < -0.3 is 5.32 Å². The fourth-order valence-electron chi connectivity index (χ4n) is 3.40. The molecule has 1 aliphatic heterocycles. The monoisotopic (exact) mass is 460 g/mol. The average molecular weight is 461 g/mol. The van der Waals surface area contributed by atoms with Crippen molar-refractivity contribution in [2.45, 2.75) is 17.9 Å². The molecule has 3 aromatic carbocycles. The minimum absolute atomic E-state index is 0.209. The van der Waals surface area contributed by atoms with Crippen molar-refractivity contribution < 1.29 is 13.2 Å². The van der Waals surface area contributed by atoms with Crippen molar-refractivity contribution in [3.8, 4) is 0 Å². The number of anilines is 1. The summed E-state index contributed by atoms with van der Waals surface area (Å²) in [4.78, 5) is 12.7. The molecular formula is C22H18Cl2N2O3S. The second-order valence-electron chi connectivity index (χ2n) is 6.99. The topological polar surface area (TPSA) is 66.5 Å². The number of hydrogen-bond donors (Lipinski definition) is 1. The number of fused-ring (bicyclic) bond motifs is 1. The number of amides is 1. The van der Waals surface area contributed by atoms with Crippen molar-refractivity contribution in [2.24, 2.45) is 0 Å². The highest BCUT2D eigenvalue weighted by Gasteiger charge is 2.28. The predicted octanol–water partition coefficient (Wildman–Crippen LogP) is 4.99. The number of sulfonamides is 1. The number of carbonyl (C=O) groups excluding carboxylic acids is 1. The molecule has 0 radical (unpaired) electrons. The summed E-state index contributed by atoms with van der Waals surface area (Å²) in [6, 6.07) is 18.4. The molecule has 0 fully saturated rings. The van der Waals surface area contributed by atoms with Crippen molar-refractivity contribution in [2.75, 3.05) is 11.9 Å². The molecule has 0 unspecified atom stereocenters. The zero-order chi connectivity index (χ0) is 21.3. The molecule has 0 spiro atoms. The summed E-state index contributed by atoms with van der Waals surface area (Å²) in [5.41, 5.74) is 2.98. The van der Waals surface area contributed by atoms with Crippen LogP contribution < -0.4 is 5.32 Å². The van der Waals surface area contributed by atoms with Gasteiger partial charge in [0.25, 0.3) is 5.91 Å². The van der Waals surface area contributed by atoms with E-state index in [1.807, 2.05) is 18.2 Å². The summed E-state index contributed by atoms with van der Waals surface area (Å²) in [6.45, 7) is 0.632. The standard InChI is InChI=1S/C22H18Cl2N2O3S/c23-18-5-8-21(9-6-18)30(28,29)26-11-10-15-4-7-20(13-17(15)14-26)25-22(27)16-2-1-3-19(24)12-16/h1-9,12-13H,10-11,14H2,(H,25,27). The van der Waals surface area contributed by atoms with Crippen LogP contribution in [0.1, 0.15) is 21.5 Å². The number of halogens is 2. The van der Waals surface area contributed by atoms with Crippen LogP contribution in [0.4, 0.5) is 5.69 Å². The Hall–Kier alpha value is -2.38. The molecule has 0 aromatic heterocycles. The number of benzene rings is 3. The zero-order valence-corrected chi connectivity index (χ0v) is 18.1. The molecule has 1 heterocycles. The van der Waals surface area contributed by atoms with Crippen LogP contribution in [0.3, 0.4) is 0 Å². The number of rotatable bonds is 4. The van der Waals surface area contributed by atoms with E-state index in [1.165, 1.54) is 16.4 Å². The van der Waals surface area contributed by atoms with Gasteiger partial charge in [0.05, 0.1) is 4.90 Å². The molecular weight excluding hydrogens is 443 g/mol. The molecule has 0 saturated carbocycles. The Kier molecular flexibility index (Phi) is 5.84. The summed E-state index contributed by atoms with van der Waals surface area (Å²) < 4.78 is 27.4. The maximum atomic E-state index is 13.0. The van der Waals surface area contributed by atoms with Gasteiger partial charge >= 0.3 is 0 Å². The van der Waals surface area contributed by atoms with Gasteiger partial charge in [-0.2, -0.15) is 4.31 Å². The van der Waals surface area contributed by atoms with Gasteiger partial charge in [-0.1, -0.05) is 35.3 Å². The Labute approximate surface area is 185 Å². The average Bonchev–Trinajstić information content (AvgIpc) is 2.73. The summed E-state index contributed by atoms with van der Waals surface area (Å²) in [5.74, 6) is -0.279. The highest BCUT2D eigenvalue weighted by molar-refractivity contribution is 7.89. The first-order chi connectivity index (χ1) is 14.3. The first-order valence-corrected chi connectivity index (χ1v) is 11.5. The second kappa shape index (κ2) is 8.40. The van der Waals surface area contributed by atoms with Gasteiger partial charge in [0, 0.05) is 34.4 Å².